The molecule has 1 saturated heterocycles. The molecule has 7 heteroatoms. The average molecular weight is 371 g/mol. The Kier molecular flexibility index (Phi) is 3.54. The molecule has 0 radical (unpaired) electrons. The minimum Gasteiger partial charge on any atom is -0.271 e. The van der Waals surface area contributed by atoms with Crippen molar-refractivity contribution in [2.45, 2.75) is 16.2 Å². The lowest BCUT2D eigenvalue weighted by Crippen LogP contribution is -2.37. The van der Waals surface area contributed by atoms with E-state index in [4.69, 9.17) is 0 Å². The lowest BCUT2D eigenvalue weighted by Gasteiger charge is -2.22. The van der Waals surface area contributed by atoms with E-state index in [1.54, 1.807) is 30.3 Å². The summed E-state index contributed by atoms with van der Waals surface area (Å²) in [6.07, 6.45) is -4.55. The van der Waals surface area contributed by atoms with Crippen molar-refractivity contribution in [1.82, 2.24) is 5.06 Å². The molecule has 1 fully saturated rings. The van der Waals surface area contributed by atoms with E-state index in [1.165, 1.54) is 0 Å². The number of rotatable bonds is 2. The fourth-order valence-electron chi connectivity index (χ4n) is 1.84. The number of amides is 1. The van der Waals surface area contributed by atoms with Crippen LogP contribution in [0.5, 0.6) is 0 Å². The van der Waals surface area contributed by atoms with Gasteiger partial charge in [0.05, 0.1) is 6.54 Å². The molecule has 0 N–H and O–H groups in total. The van der Waals surface area contributed by atoms with Gasteiger partial charge in [-0.15, -0.1) is 13.2 Å². The van der Waals surface area contributed by atoms with E-state index in [1.807, 2.05) is 22.6 Å². The van der Waals surface area contributed by atoms with Gasteiger partial charge in [0.25, 0.3) is 5.91 Å². The summed E-state index contributed by atoms with van der Waals surface area (Å²) in [5.41, 5.74) is 0.684. The Morgan fingerprint density at radius 2 is 1.89 bits per heavy atom. The maximum Gasteiger partial charge on any atom is 0.544 e. The second-order valence-corrected chi connectivity index (χ2v) is 5.70. The molecule has 3 nitrogen and oxygen atoms in total. The second kappa shape index (κ2) is 4.69. The predicted molar refractivity (Wildman–Crippen MR) is 65.6 cm³/mol. The predicted octanol–water partition coefficient (Wildman–Crippen LogP) is 3.00. The van der Waals surface area contributed by atoms with Crippen LogP contribution in [0.15, 0.2) is 30.3 Å². The second-order valence-electron chi connectivity index (χ2n) is 3.86. The monoisotopic (exact) mass is 371 g/mol. The van der Waals surface area contributed by atoms with Crippen molar-refractivity contribution in [3.8, 4) is 0 Å². The highest BCUT2D eigenvalue weighted by molar-refractivity contribution is 14.1. The van der Waals surface area contributed by atoms with Crippen LogP contribution in [0.1, 0.15) is 12.0 Å². The Morgan fingerprint density at radius 1 is 1.28 bits per heavy atom. The molecular formula is C11H9F3INO2. The number of carbonyl (C=O) groups excluding carboxylic acids is 1. The summed E-state index contributed by atoms with van der Waals surface area (Å²) in [6.45, 7) is -0.0732. The Hall–Kier alpha value is -0.830. The number of alkyl halides is 4. The highest BCUT2D eigenvalue weighted by Gasteiger charge is 2.50. The Labute approximate surface area is 115 Å². The van der Waals surface area contributed by atoms with Crippen LogP contribution >= 0.6 is 22.6 Å². The molecule has 1 aromatic carbocycles. The number of nitrogens with zero attached hydrogens (tertiary/aromatic N) is 1. The van der Waals surface area contributed by atoms with Crippen molar-refractivity contribution < 1.29 is 22.8 Å². The van der Waals surface area contributed by atoms with Crippen molar-refractivity contribution in [3.63, 3.8) is 0 Å². The lowest BCUT2D eigenvalue weighted by molar-refractivity contribution is -0.399. The van der Waals surface area contributed by atoms with Crippen molar-refractivity contribution >= 4 is 28.5 Å². The van der Waals surface area contributed by atoms with E-state index in [2.05, 4.69) is 4.84 Å². The normalized spacial score (nSPS) is 24.7. The van der Waals surface area contributed by atoms with Gasteiger partial charge in [-0.05, 0) is 12.0 Å². The Balaban J connectivity index is 2.21. The van der Waals surface area contributed by atoms with Gasteiger partial charge in [-0.1, -0.05) is 52.9 Å². The number of hydrogen-bond donors (Lipinski definition) is 0. The van der Waals surface area contributed by atoms with Crippen LogP contribution < -0.4 is 0 Å². The number of hydrogen-bond acceptors (Lipinski definition) is 2. The summed E-state index contributed by atoms with van der Waals surface area (Å²) in [5, 5.41) is 0.388. The molecule has 1 aliphatic rings. The van der Waals surface area contributed by atoms with Gasteiger partial charge >= 0.3 is 6.36 Å². The molecule has 0 bridgehead atoms. The molecule has 2 rings (SSSR count). The molecule has 0 aromatic heterocycles. The highest BCUT2D eigenvalue weighted by atomic mass is 127. The molecule has 0 aliphatic carbocycles. The van der Waals surface area contributed by atoms with Gasteiger partial charge in [0, 0.05) is 0 Å². The Bertz CT molecular complexity index is 451. The minimum absolute atomic E-state index is 0.0732. The van der Waals surface area contributed by atoms with Crippen LogP contribution in [0.2, 0.25) is 0 Å². The first-order chi connectivity index (χ1) is 8.33. The SMILES string of the molecule is O=C1N(OC(F)(F)F)CCC1(I)c1ccccc1. The third-order valence-corrected chi connectivity index (χ3v) is 4.29. The summed E-state index contributed by atoms with van der Waals surface area (Å²) >= 11 is 1.89. The zero-order valence-corrected chi connectivity index (χ0v) is 11.2. The van der Waals surface area contributed by atoms with E-state index in [0.717, 1.165) is 0 Å². The van der Waals surface area contributed by atoms with Crippen LogP contribution in [-0.4, -0.2) is 23.9 Å². The van der Waals surface area contributed by atoms with Crippen molar-refractivity contribution in [3.05, 3.63) is 35.9 Å². The van der Waals surface area contributed by atoms with Crippen molar-refractivity contribution in [2.24, 2.45) is 0 Å². The highest BCUT2D eigenvalue weighted by Crippen LogP contribution is 2.43. The summed E-state index contributed by atoms with van der Waals surface area (Å²) in [7, 11) is 0. The largest absolute Gasteiger partial charge is 0.544 e. The van der Waals surface area contributed by atoms with Crippen LogP contribution in [-0.2, 0) is 13.1 Å². The molecule has 1 aliphatic heterocycles. The third-order valence-electron chi connectivity index (χ3n) is 2.67. The van der Waals surface area contributed by atoms with E-state index in [9.17, 15) is 18.0 Å². The minimum atomic E-state index is -4.84. The molecule has 0 spiro atoms. The first kappa shape index (κ1) is 13.6. The van der Waals surface area contributed by atoms with E-state index in [0.29, 0.717) is 10.6 Å². The molecular weight excluding hydrogens is 362 g/mol. The van der Waals surface area contributed by atoms with Gasteiger partial charge in [0.1, 0.15) is 3.42 Å². The first-order valence-electron chi connectivity index (χ1n) is 5.15. The average Bonchev–Trinajstić information content (AvgIpc) is 2.58. The summed E-state index contributed by atoms with van der Waals surface area (Å²) in [4.78, 5) is 15.7. The smallest absolute Gasteiger partial charge is 0.271 e. The van der Waals surface area contributed by atoms with Gasteiger partial charge in [0.2, 0.25) is 0 Å². The van der Waals surface area contributed by atoms with E-state index in [-0.39, 0.29) is 13.0 Å². The summed E-state index contributed by atoms with van der Waals surface area (Å²) in [6, 6.07) is 8.72. The fourth-order valence-corrected chi connectivity index (χ4v) is 2.71. The zero-order chi connectivity index (χ0) is 13.4. The quantitative estimate of drug-likeness (QED) is 0.591. The lowest BCUT2D eigenvalue weighted by atomic mass is 9.98. The first-order valence-corrected chi connectivity index (χ1v) is 6.23. The molecule has 1 atom stereocenters. The molecule has 98 valence electrons. The van der Waals surface area contributed by atoms with E-state index >= 15 is 0 Å². The molecule has 1 aromatic rings. The molecule has 18 heavy (non-hydrogen) atoms. The maximum atomic E-state index is 12.1. The molecule has 0 saturated carbocycles. The van der Waals surface area contributed by atoms with Crippen LogP contribution in [0.4, 0.5) is 13.2 Å². The summed E-state index contributed by atoms with van der Waals surface area (Å²) < 4.78 is 35.4. The molecule has 1 amide bonds. The van der Waals surface area contributed by atoms with Gasteiger partial charge in [0.15, 0.2) is 0 Å². The van der Waals surface area contributed by atoms with Crippen molar-refractivity contribution in [2.75, 3.05) is 6.54 Å². The molecule has 1 unspecified atom stereocenters. The van der Waals surface area contributed by atoms with Crippen LogP contribution in [0.25, 0.3) is 0 Å². The summed E-state index contributed by atoms with van der Waals surface area (Å²) in [5.74, 6) is -0.674. The van der Waals surface area contributed by atoms with Crippen LogP contribution in [0, 0.1) is 0 Å². The number of halogens is 4. The Morgan fingerprint density at radius 3 is 2.44 bits per heavy atom. The third kappa shape index (κ3) is 2.61. The van der Waals surface area contributed by atoms with Gasteiger partial charge in [-0.25, -0.2) is 5.06 Å². The van der Waals surface area contributed by atoms with Gasteiger partial charge < -0.3 is 0 Å². The standard InChI is InChI=1S/C11H9F3INO2/c12-11(13,14)18-16-7-6-10(15,9(16)17)8-4-2-1-3-5-8/h1-5H,6-7H2. The molecule has 1 heterocycles. The topological polar surface area (TPSA) is 29.5 Å². The number of hydroxylamine groups is 2. The van der Waals surface area contributed by atoms with Crippen LogP contribution in [0.3, 0.4) is 0 Å². The fraction of sp³-hybridized carbons (Fsp3) is 0.364. The van der Waals surface area contributed by atoms with Gasteiger partial charge in [-0.2, -0.15) is 4.84 Å². The maximum absolute atomic E-state index is 12.1. The zero-order valence-electron chi connectivity index (χ0n) is 9.08. The number of carbonyl (C=O) groups is 1. The van der Waals surface area contributed by atoms with Gasteiger partial charge in [-0.3, -0.25) is 4.79 Å². The van der Waals surface area contributed by atoms with Crippen molar-refractivity contribution in [1.29, 1.82) is 0 Å². The van der Waals surface area contributed by atoms with E-state index < -0.39 is 15.7 Å². The number of benzene rings is 1.